The summed E-state index contributed by atoms with van der Waals surface area (Å²) in [5, 5.41) is 7.28. The molecule has 0 radical (unpaired) electrons. The molecule has 1 aromatic carbocycles. The van der Waals surface area contributed by atoms with Crippen LogP contribution in [0.25, 0.3) is 11.3 Å². The molecule has 1 aromatic heterocycles. The lowest BCUT2D eigenvalue weighted by atomic mass is 9.76. The number of aromatic amines is 1. The summed E-state index contributed by atoms with van der Waals surface area (Å²) in [6, 6.07) is 7.66. The van der Waals surface area contributed by atoms with Crippen molar-refractivity contribution in [1.29, 1.82) is 0 Å². The highest BCUT2D eigenvalue weighted by atomic mass is 16.5. The van der Waals surface area contributed by atoms with Crippen LogP contribution in [0.1, 0.15) is 36.2 Å². The van der Waals surface area contributed by atoms with Crippen LogP contribution in [0.15, 0.2) is 24.3 Å². The van der Waals surface area contributed by atoms with Gasteiger partial charge in [0.1, 0.15) is 5.69 Å². The highest BCUT2D eigenvalue weighted by molar-refractivity contribution is 5.93. The monoisotopic (exact) mass is 424 g/mol. The van der Waals surface area contributed by atoms with E-state index < -0.39 is 0 Å². The van der Waals surface area contributed by atoms with Crippen molar-refractivity contribution in [3.63, 3.8) is 0 Å². The van der Waals surface area contributed by atoms with E-state index in [0.29, 0.717) is 60.1 Å². The molecule has 2 aromatic rings. The summed E-state index contributed by atoms with van der Waals surface area (Å²) in [7, 11) is 3.19. The molecular formula is C23H28N4O4. The first-order valence-corrected chi connectivity index (χ1v) is 10.9. The SMILES string of the molecule is COc1ccc(-c2cc(C(=O)N3CC4CC(C3)C3CCCC(=O)N3C4)[nH]n2)cc1OC. The molecule has 3 fully saturated rings. The standard InChI is InChI=1S/C23H28N4O4/c1-30-20-7-6-15(9-21(20)31-2)17-10-18(25-24-17)23(29)26-11-14-8-16(13-26)19-4-3-5-22(28)27(19)12-14/h6-7,9-10,14,16,19H,3-5,8,11-13H2,1-2H3,(H,24,25). The van der Waals surface area contributed by atoms with Crippen molar-refractivity contribution in [3.8, 4) is 22.8 Å². The molecule has 4 heterocycles. The van der Waals surface area contributed by atoms with Crippen LogP contribution in [-0.2, 0) is 4.79 Å². The number of hydrogen-bond acceptors (Lipinski definition) is 5. The molecular weight excluding hydrogens is 396 g/mol. The number of H-pyrrole nitrogens is 1. The van der Waals surface area contributed by atoms with E-state index in [1.807, 2.05) is 23.1 Å². The fourth-order valence-electron chi connectivity index (χ4n) is 5.52. The van der Waals surface area contributed by atoms with Gasteiger partial charge in [-0.2, -0.15) is 5.10 Å². The molecule has 0 spiro atoms. The topological polar surface area (TPSA) is 87.8 Å². The van der Waals surface area contributed by atoms with Gasteiger partial charge in [0, 0.05) is 37.7 Å². The van der Waals surface area contributed by atoms with E-state index in [4.69, 9.17) is 9.47 Å². The van der Waals surface area contributed by atoms with Gasteiger partial charge in [0.2, 0.25) is 5.91 Å². The van der Waals surface area contributed by atoms with E-state index in [9.17, 15) is 9.59 Å². The van der Waals surface area contributed by atoms with Crippen molar-refractivity contribution in [3.05, 3.63) is 30.0 Å². The van der Waals surface area contributed by atoms with Gasteiger partial charge in [-0.25, -0.2) is 0 Å². The molecule has 3 aliphatic rings. The predicted octanol–water partition coefficient (Wildman–Crippen LogP) is 2.57. The molecule has 3 aliphatic heterocycles. The number of nitrogens with one attached hydrogen (secondary N) is 1. The van der Waals surface area contributed by atoms with Crippen LogP contribution in [0.5, 0.6) is 11.5 Å². The van der Waals surface area contributed by atoms with Crippen molar-refractivity contribution in [2.24, 2.45) is 11.8 Å². The number of carbonyl (C=O) groups is 2. The van der Waals surface area contributed by atoms with Crippen LogP contribution in [0, 0.1) is 11.8 Å². The van der Waals surface area contributed by atoms with Crippen molar-refractivity contribution in [2.45, 2.75) is 31.7 Å². The third kappa shape index (κ3) is 3.54. The van der Waals surface area contributed by atoms with E-state index >= 15 is 0 Å². The molecule has 3 atom stereocenters. The van der Waals surface area contributed by atoms with Crippen molar-refractivity contribution in [2.75, 3.05) is 33.9 Å². The van der Waals surface area contributed by atoms with Crippen LogP contribution in [0.3, 0.4) is 0 Å². The minimum absolute atomic E-state index is 0.0236. The normalized spacial score (nSPS) is 25.2. The van der Waals surface area contributed by atoms with Gasteiger partial charge >= 0.3 is 0 Å². The molecule has 8 nitrogen and oxygen atoms in total. The quantitative estimate of drug-likeness (QED) is 0.815. The van der Waals surface area contributed by atoms with Gasteiger partial charge in [-0.05, 0) is 55.4 Å². The predicted molar refractivity (Wildman–Crippen MR) is 114 cm³/mol. The molecule has 2 amide bonds. The maximum Gasteiger partial charge on any atom is 0.271 e. The number of fused-ring (bicyclic) bond motifs is 4. The Balaban J connectivity index is 1.33. The Labute approximate surface area is 181 Å². The second-order valence-corrected chi connectivity index (χ2v) is 8.81. The van der Waals surface area contributed by atoms with Crippen LogP contribution < -0.4 is 9.47 Å². The Morgan fingerprint density at radius 1 is 1.13 bits per heavy atom. The fourth-order valence-corrected chi connectivity index (χ4v) is 5.52. The average Bonchev–Trinajstić information content (AvgIpc) is 3.29. The van der Waals surface area contributed by atoms with Crippen molar-refractivity contribution < 1.29 is 19.1 Å². The lowest BCUT2D eigenvalue weighted by molar-refractivity contribution is -0.144. The molecule has 0 saturated carbocycles. The molecule has 3 unspecified atom stereocenters. The Morgan fingerprint density at radius 3 is 2.77 bits per heavy atom. The van der Waals surface area contributed by atoms with Gasteiger partial charge in [0.15, 0.2) is 11.5 Å². The maximum absolute atomic E-state index is 13.3. The summed E-state index contributed by atoms with van der Waals surface area (Å²) in [5.74, 6) is 2.26. The number of hydrogen-bond donors (Lipinski definition) is 1. The summed E-state index contributed by atoms with van der Waals surface area (Å²) in [6.07, 6.45) is 3.80. The number of aromatic nitrogens is 2. The molecule has 31 heavy (non-hydrogen) atoms. The zero-order valence-corrected chi connectivity index (χ0v) is 18.0. The summed E-state index contributed by atoms with van der Waals surface area (Å²) in [5.41, 5.74) is 2.02. The van der Waals surface area contributed by atoms with Gasteiger partial charge in [-0.15, -0.1) is 0 Å². The number of methoxy groups -OCH3 is 2. The van der Waals surface area contributed by atoms with E-state index in [1.165, 1.54) is 0 Å². The van der Waals surface area contributed by atoms with Crippen molar-refractivity contribution in [1.82, 2.24) is 20.0 Å². The Kier molecular flexibility index (Phi) is 5.08. The third-order valence-corrected chi connectivity index (χ3v) is 6.95. The zero-order chi connectivity index (χ0) is 21.5. The maximum atomic E-state index is 13.3. The van der Waals surface area contributed by atoms with E-state index in [2.05, 4.69) is 15.1 Å². The zero-order valence-electron chi connectivity index (χ0n) is 18.0. The van der Waals surface area contributed by atoms with Crippen LogP contribution >= 0.6 is 0 Å². The Morgan fingerprint density at radius 2 is 1.97 bits per heavy atom. The first-order valence-electron chi connectivity index (χ1n) is 10.9. The molecule has 1 N–H and O–H groups in total. The van der Waals surface area contributed by atoms with Crippen molar-refractivity contribution >= 4 is 11.8 Å². The fraction of sp³-hybridized carbons (Fsp3) is 0.522. The lowest BCUT2D eigenvalue weighted by Crippen LogP contribution is -2.61. The summed E-state index contributed by atoms with van der Waals surface area (Å²) in [4.78, 5) is 29.6. The highest BCUT2D eigenvalue weighted by Crippen LogP contribution is 2.38. The molecule has 3 saturated heterocycles. The number of nitrogens with zero attached hydrogens (tertiary/aromatic N) is 3. The minimum atomic E-state index is -0.0236. The van der Waals surface area contributed by atoms with Gasteiger partial charge in [0.05, 0.1) is 19.9 Å². The van der Waals surface area contributed by atoms with Gasteiger partial charge in [-0.3, -0.25) is 14.7 Å². The molecule has 0 aliphatic carbocycles. The van der Waals surface area contributed by atoms with Crippen LogP contribution in [0.2, 0.25) is 0 Å². The number of piperidine rings is 3. The summed E-state index contributed by atoms with van der Waals surface area (Å²) >= 11 is 0. The van der Waals surface area contributed by atoms with Crippen LogP contribution in [-0.4, -0.2) is 71.7 Å². The smallest absolute Gasteiger partial charge is 0.271 e. The number of amides is 2. The number of likely N-dealkylation sites (tertiary alicyclic amines) is 1. The van der Waals surface area contributed by atoms with E-state index in [0.717, 1.165) is 31.4 Å². The number of carbonyl (C=O) groups excluding carboxylic acids is 2. The van der Waals surface area contributed by atoms with Gasteiger partial charge < -0.3 is 19.3 Å². The first-order chi connectivity index (χ1) is 15.1. The highest BCUT2D eigenvalue weighted by Gasteiger charge is 2.45. The second-order valence-electron chi connectivity index (χ2n) is 8.81. The first kappa shape index (κ1) is 19.9. The second kappa shape index (κ2) is 7.90. The number of rotatable bonds is 4. The van der Waals surface area contributed by atoms with E-state index in [-0.39, 0.29) is 11.9 Å². The van der Waals surface area contributed by atoms with Crippen LogP contribution in [0.4, 0.5) is 0 Å². The summed E-state index contributed by atoms with van der Waals surface area (Å²) in [6.45, 7) is 2.18. The lowest BCUT2D eigenvalue weighted by Gasteiger charge is -2.52. The summed E-state index contributed by atoms with van der Waals surface area (Å²) < 4.78 is 10.7. The van der Waals surface area contributed by atoms with E-state index in [1.54, 1.807) is 20.3 Å². The molecule has 164 valence electrons. The molecule has 8 heteroatoms. The Bertz CT molecular complexity index is 1000. The minimum Gasteiger partial charge on any atom is -0.493 e. The molecule has 2 bridgehead atoms. The number of ether oxygens (including phenoxy) is 2. The average molecular weight is 425 g/mol. The Hall–Kier alpha value is -3.03. The van der Waals surface area contributed by atoms with Gasteiger partial charge in [0.25, 0.3) is 5.91 Å². The largest absolute Gasteiger partial charge is 0.493 e. The number of benzene rings is 1. The molecule has 5 rings (SSSR count). The van der Waals surface area contributed by atoms with Gasteiger partial charge in [-0.1, -0.05) is 0 Å². The third-order valence-electron chi connectivity index (χ3n) is 6.95.